The molecule has 8 atom stereocenters. The monoisotopic (exact) mass is 1090 g/mol. The number of carbonyl (C=O) groups is 8. The summed E-state index contributed by atoms with van der Waals surface area (Å²) in [5.41, 5.74) is 33.6. The maximum absolute atomic E-state index is 14.6. The van der Waals surface area contributed by atoms with Crippen LogP contribution >= 0.6 is 0 Å². The van der Waals surface area contributed by atoms with E-state index in [9.17, 15) is 43.5 Å². The number of nitrogens with two attached hydrogens (primary N) is 6. The zero-order chi connectivity index (χ0) is 58.2. The van der Waals surface area contributed by atoms with E-state index in [4.69, 9.17) is 56.0 Å². The van der Waals surface area contributed by atoms with Crippen LogP contribution in [0.5, 0.6) is 0 Å². The van der Waals surface area contributed by atoms with Crippen LogP contribution in [0.1, 0.15) is 124 Å². The number of hydrogen-bond acceptors (Lipinski definition) is 14. The quantitative estimate of drug-likeness (QED) is 0.0158. The van der Waals surface area contributed by atoms with Crippen molar-refractivity contribution in [3.63, 3.8) is 0 Å². The lowest BCUT2D eigenvalue weighted by Crippen LogP contribution is -2.60. The molecule has 30 nitrogen and oxygen atoms in total. The van der Waals surface area contributed by atoms with Crippen molar-refractivity contribution in [2.45, 2.75) is 172 Å². The van der Waals surface area contributed by atoms with E-state index in [1.807, 2.05) is 27.7 Å². The van der Waals surface area contributed by atoms with Gasteiger partial charge in [0.1, 0.15) is 42.3 Å². The summed E-state index contributed by atoms with van der Waals surface area (Å²) in [5, 5.41) is 66.5. The minimum atomic E-state index is -1.37. The van der Waals surface area contributed by atoms with Gasteiger partial charge in [0.05, 0.1) is 6.04 Å². The Morgan fingerprint density at radius 2 is 0.870 bits per heavy atom. The Labute approximate surface area is 451 Å². The number of carboxylic acids is 1. The topological polar surface area (TPSA) is 532 Å². The molecule has 0 spiro atoms. The standard InChI is InChI=1S/C47H91N21O9/c1-26(2)24-28(49)36(69)67-34(25-27(3)4)40(73)65-32(15-9-21-60-46(54)55)42(75)68-23-11-17-35(68)41(74)64-31(14-8-20-59-45(52)53)38(71)63-30(13-7-19-58-44(50)51)37(70)62-29(12-5-6-18-48)39(72)66-33(43(76)77)16-10-22-61-47(56)57/h26-35H,5-25,48-49H2,1-4H3,(H,62,70)(H,63,71)(H,64,74)(H,65,73)(H,66,72)(H,67,69)(H,76,77)(H4,50,51,58)(H4,52,53,59)(H4,54,55,60)(H4,56,57,61)/t28-,29-,30-,31-,32-,33-,34-,35-/m0/s1. The number of aliphatic carboxylic acids is 1. The zero-order valence-corrected chi connectivity index (χ0v) is 45.2. The number of carbonyl (C=O) groups excluding carboxylic acids is 7. The predicted octanol–water partition coefficient (Wildman–Crippen LogP) is -4.43. The first kappa shape index (κ1) is 67.8. The Morgan fingerprint density at radius 1 is 0.506 bits per heavy atom. The first-order valence-corrected chi connectivity index (χ1v) is 26.4. The average Bonchev–Trinajstić information content (AvgIpc) is 3.84. The van der Waals surface area contributed by atoms with Gasteiger partial charge in [-0.3, -0.25) is 55.2 Å². The van der Waals surface area contributed by atoms with Gasteiger partial charge in [-0.1, -0.05) is 27.7 Å². The van der Waals surface area contributed by atoms with Gasteiger partial charge in [0, 0.05) is 32.7 Å². The van der Waals surface area contributed by atoms with Crippen LogP contribution in [0.3, 0.4) is 0 Å². The van der Waals surface area contributed by atoms with Gasteiger partial charge in [-0.25, -0.2) is 4.79 Å². The van der Waals surface area contributed by atoms with Crippen LogP contribution in [0.4, 0.5) is 0 Å². The Bertz CT molecular complexity index is 1980. The maximum Gasteiger partial charge on any atom is 0.326 e. The summed E-state index contributed by atoms with van der Waals surface area (Å²) in [7, 11) is 0. The fourth-order valence-electron chi connectivity index (χ4n) is 8.39. The lowest BCUT2D eigenvalue weighted by atomic mass is 10.00. The third-order valence-electron chi connectivity index (χ3n) is 12.3. The normalized spacial score (nSPS) is 15.7. The number of nitrogens with one attached hydrogen (secondary N) is 14. The summed E-state index contributed by atoms with van der Waals surface area (Å²) >= 11 is 0. The van der Waals surface area contributed by atoms with E-state index in [0.29, 0.717) is 25.7 Å². The van der Waals surface area contributed by atoms with Crippen molar-refractivity contribution in [1.29, 1.82) is 21.6 Å². The van der Waals surface area contributed by atoms with Gasteiger partial charge in [-0.15, -0.1) is 0 Å². The number of rotatable bonds is 38. The molecule has 1 aliphatic rings. The molecule has 27 N–H and O–H groups in total. The summed E-state index contributed by atoms with van der Waals surface area (Å²) < 4.78 is 0. The molecule has 0 aromatic heterocycles. The second-order valence-corrected chi connectivity index (χ2v) is 20.0. The van der Waals surface area contributed by atoms with Crippen molar-refractivity contribution in [3.8, 4) is 0 Å². The molecule has 77 heavy (non-hydrogen) atoms. The van der Waals surface area contributed by atoms with Crippen LogP contribution in [0.25, 0.3) is 0 Å². The number of amides is 7. The highest BCUT2D eigenvalue weighted by molar-refractivity contribution is 5.98. The highest BCUT2D eigenvalue weighted by atomic mass is 16.4. The average molecular weight is 1090 g/mol. The molecule has 7 amide bonds. The highest BCUT2D eigenvalue weighted by Crippen LogP contribution is 2.21. The summed E-state index contributed by atoms with van der Waals surface area (Å²) in [6, 6.07) is -9.66. The number of hydrogen-bond donors (Lipinski definition) is 21. The number of nitrogens with zero attached hydrogens (tertiary/aromatic N) is 1. The van der Waals surface area contributed by atoms with Crippen LogP contribution in [-0.2, 0) is 38.4 Å². The van der Waals surface area contributed by atoms with Crippen LogP contribution in [0, 0.1) is 33.5 Å². The SMILES string of the molecule is CC(C)C[C@H](NC(=O)[C@@H](N)CC(C)C)C(=O)N[C@@H](CCCNC(=N)N)C(=O)N1CCC[C@H]1C(=O)N[C@@H](CCCNC(=N)N)C(=O)N[C@@H](CCCNC(=N)N)C(=O)N[C@@H](CCCCN)C(=O)N[C@@H](CCCNC(=N)N)C(=O)O. The van der Waals surface area contributed by atoms with Gasteiger partial charge >= 0.3 is 5.97 Å². The molecule has 0 aromatic carbocycles. The Hall–Kier alpha value is -7.24. The lowest BCUT2D eigenvalue weighted by molar-refractivity contribution is -0.143. The Morgan fingerprint density at radius 3 is 1.29 bits per heavy atom. The molecule has 0 bridgehead atoms. The third-order valence-corrected chi connectivity index (χ3v) is 12.3. The molecule has 30 heteroatoms. The predicted molar refractivity (Wildman–Crippen MR) is 290 cm³/mol. The van der Waals surface area contributed by atoms with E-state index in [1.165, 1.54) is 4.90 Å². The third kappa shape index (κ3) is 28.5. The van der Waals surface area contributed by atoms with Gasteiger partial charge in [0.25, 0.3) is 0 Å². The molecule has 0 aliphatic carbocycles. The number of carboxylic acid groups (broad SMARTS) is 1. The summed E-state index contributed by atoms with van der Waals surface area (Å²) in [6.45, 7) is 8.46. The fraction of sp³-hybridized carbons (Fsp3) is 0.745. The molecule has 0 unspecified atom stereocenters. The largest absolute Gasteiger partial charge is 0.480 e. The highest BCUT2D eigenvalue weighted by Gasteiger charge is 2.40. The zero-order valence-electron chi connectivity index (χ0n) is 45.2. The molecule has 438 valence electrons. The minimum absolute atomic E-state index is 0.0416. The number of unbranched alkanes of at least 4 members (excludes halogenated alkanes) is 1. The number of guanidine groups is 4. The van der Waals surface area contributed by atoms with E-state index in [1.54, 1.807) is 0 Å². The fourth-order valence-corrected chi connectivity index (χ4v) is 8.39. The lowest BCUT2D eigenvalue weighted by Gasteiger charge is -2.31. The molecule has 1 fully saturated rings. The van der Waals surface area contributed by atoms with E-state index in [2.05, 4.69) is 53.2 Å². The van der Waals surface area contributed by atoms with Crippen molar-refractivity contribution < 1.29 is 43.5 Å². The van der Waals surface area contributed by atoms with E-state index in [0.717, 1.165) is 0 Å². The molecule has 1 aliphatic heterocycles. The molecule has 1 rings (SSSR count). The maximum atomic E-state index is 14.6. The van der Waals surface area contributed by atoms with Gasteiger partial charge < -0.3 is 97.6 Å². The van der Waals surface area contributed by atoms with E-state index < -0.39 is 95.7 Å². The van der Waals surface area contributed by atoms with Gasteiger partial charge in [0.15, 0.2) is 23.8 Å². The van der Waals surface area contributed by atoms with Crippen molar-refractivity contribution in [3.05, 3.63) is 0 Å². The van der Waals surface area contributed by atoms with Crippen molar-refractivity contribution >= 4 is 71.2 Å². The first-order chi connectivity index (χ1) is 36.3. The van der Waals surface area contributed by atoms with Crippen LogP contribution in [0.15, 0.2) is 0 Å². The van der Waals surface area contributed by atoms with Crippen molar-refractivity contribution in [2.24, 2.45) is 46.2 Å². The van der Waals surface area contributed by atoms with E-state index >= 15 is 0 Å². The van der Waals surface area contributed by atoms with Crippen molar-refractivity contribution in [1.82, 2.24) is 58.1 Å². The smallest absolute Gasteiger partial charge is 0.326 e. The molecule has 0 saturated carbocycles. The van der Waals surface area contributed by atoms with Gasteiger partial charge in [-0.05, 0) is 115 Å². The summed E-state index contributed by atoms with van der Waals surface area (Å²) in [5.74, 6) is -7.59. The Balaban J connectivity index is 3.59. The van der Waals surface area contributed by atoms with Crippen molar-refractivity contribution in [2.75, 3.05) is 39.3 Å². The Kier molecular flexibility index (Phi) is 32.3. The van der Waals surface area contributed by atoms with Crippen LogP contribution in [-0.4, -0.2) is 169 Å². The molecule has 1 heterocycles. The second kappa shape index (κ2) is 36.7. The second-order valence-electron chi connectivity index (χ2n) is 20.0. The van der Waals surface area contributed by atoms with Crippen LogP contribution in [0.2, 0.25) is 0 Å². The van der Waals surface area contributed by atoms with Gasteiger partial charge in [0.2, 0.25) is 41.4 Å². The van der Waals surface area contributed by atoms with E-state index in [-0.39, 0.29) is 146 Å². The van der Waals surface area contributed by atoms with Crippen LogP contribution < -0.4 is 87.6 Å². The minimum Gasteiger partial charge on any atom is -0.480 e. The molecule has 0 radical (unpaired) electrons. The first-order valence-electron chi connectivity index (χ1n) is 26.4. The molecule has 1 saturated heterocycles. The molecule has 0 aromatic rings. The summed E-state index contributed by atoms with van der Waals surface area (Å²) in [6.07, 6.45) is 2.65. The molecular weight excluding hydrogens is 1000 g/mol. The summed E-state index contributed by atoms with van der Waals surface area (Å²) in [4.78, 5) is 112. The molecular formula is C47H91N21O9. The van der Waals surface area contributed by atoms with Gasteiger partial charge in [-0.2, -0.15) is 0 Å². The number of likely N-dealkylation sites (tertiary alicyclic amines) is 1.